The number of hydrogen-bond donors (Lipinski definition) is 2. The minimum absolute atomic E-state index is 0.670. The summed E-state index contributed by atoms with van der Waals surface area (Å²) < 4.78 is 0. The van der Waals surface area contributed by atoms with Crippen LogP contribution in [0.4, 0.5) is 0 Å². The average Bonchev–Trinajstić information content (AvgIpc) is 2.65. The maximum Gasteiger partial charge on any atom is 0.177 e. The molecule has 0 bridgehead atoms. The zero-order valence-corrected chi connectivity index (χ0v) is 9.12. The van der Waals surface area contributed by atoms with Crippen molar-refractivity contribution in [1.82, 2.24) is 20.3 Å². The topological polar surface area (TPSA) is 53.6 Å². The molecule has 4 heteroatoms. The Balaban J connectivity index is 2.10. The Morgan fingerprint density at radius 2 is 2.27 bits per heavy atom. The number of nitrogens with zero attached hydrogens (tertiary/aromatic N) is 2. The number of fused-ring (bicyclic) bond motifs is 1. The fourth-order valence-electron chi connectivity index (χ4n) is 1.55. The molecule has 15 heavy (non-hydrogen) atoms. The molecular weight excluding hydrogens is 188 g/mol. The van der Waals surface area contributed by atoms with Crippen LogP contribution in [0.15, 0.2) is 18.6 Å². The van der Waals surface area contributed by atoms with Crippen molar-refractivity contribution < 1.29 is 0 Å². The van der Waals surface area contributed by atoms with Gasteiger partial charge in [-0.15, -0.1) is 0 Å². The highest BCUT2D eigenvalue weighted by atomic mass is 15.0. The Hall–Kier alpha value is -1.42. The predicted molar refractivity (Wildman–Crippen MR) is 60.4 cm³/mol. The van der Waals surface area contributed by atoms with E-state index >= 15 is 0 Å². The van der Waals surface area contributed by atoms with Gasteiger partial charge in [-0.2, -0.15) is 0 Å². The van der Waals surface area contributed by atoms with Gasteiger partial charge in [-0.3, -0.25) is 0 Å². The van der Waals surface area contributed by atoms with Crippen LogP contribution in [0.2, 0.25) is 0 Å². The van der Waals surface area contributed by atoms with Crippen LogP contribution in [0, 0.1) is 5.92 Å². The van der Waals surface area contributed by atoms with Crippen molar-refractivity contribution in [2.75, 3.05) is 6.54 Å². The normalized spacial score (nSPS) is 11.4. The molecular formula is C11H16N4. The van der Waals surface area contributed by atoms with Gasteiger partial charge < -0.3 is 10.3 Å². The molecule has 0 saturated heterocycles. The van der Waals surface area contributed by atoms with Gasteiger partial charge in [0, 0.05) is 12.7 Å². The van der Waals surface area contributed by atoms with E-state index in [-0.39, 0.29) is 0 Å². The lowest BCUT2D eigenvalue weighted by atomic mass is 10.2. The SMILES string of the molecule is CC(C)CNCc1ccnc2nc[nH]c12. The zero-order valence-electron chi connectivity index (χ0n) is 9.12. The number of nitrogens with one attached hydrogen (secondary N) is 2. The average molecular weight is 204 g/mol. The summed E-state index contributed by atoms with van der Waals surface area (Å²) in [4.78, 5) is 11.4. The van der Waals surface area contributed by atoms with E-state index in [9.17, 15) is 0 Å². The molecule has 0 saturated carbocycles. The van der Waals surface area contributed by atoms with Crippen molar-refractivity contribution in [2.45, 2.75) is 20.4 Å². The molecule has 2 N–H and O–H groups in total. The molecule has 2 aromatic heterocycles. The molecule has 0 aliphatic heterocycles. The minimum atomic E-state index is 0.670. The molecule has 0 aliphatic carbocycles. The fraction of sp³-hybridized carbons (Fsp3) is 0.455. The standard InChI is InChI=1S/C11H16N4/c1-8(2)5-12-6-9-3-4-13-11-10(9)14-7-15-11/h3-4,7-8,12H,5-6H2,1-2H3,(H,13,14,15). The Bertz CT molecular complexity index is 433. The highest BCUT2D eigenvalue weighted by molar-refractivity contribution is 5.73. The van der Waals surface area contributed by atoms with Gasteiger partial charge in [-0.1, -0.05) is 13.8 Å². The number of rotatable bonds is 4. The molecule has 4 nitrogen and oxygen atoms in total. The molecule has 2 rings (SSSR count). The van der Waals surface area contributed by atoms with E-state index in [4.69, 9.17) is 0 Å². The summed E-state index contributed by atoms with van der Waals surface area (Å²) in [5, 5.41) is 3.41. The summed E-state index contributed by atoms with van der Waals surface area (Å²) in [7, 11) is 0. The smallest absolute Gasteiger partial charge is 0.177 e. The number of H-pyrrole nitrogens is 1. The molecule has 2 heterocycles. The maximum absolute atomic E-state index is 4.17. The lowest BCUT2D eigenvalue weighted by Crippen LogP contribution is -2.19. The lowest BCUT2D eigenvalue weighted by Gasteiger charge is -2.07. The van der Waals surface area contributed by atoms with Crippen molar-refractivity contribution >= 4 is 11.2 Å². The molecule has 80 valence electrons. The second-order valence-electron chi connectivity index (χ2n) is 4.10. The summed E-state index contributed by atoms with van der Waals surface area (Å²) >= 11 is 0. The molecule has 0 atom stereocenters. The van der Waals surface area contributed by atoms with Crippen molar-refractivity contribution in [2.24, 2.45) is 5.92 Å². The van der Waals surface area contributed by atoms with E-state index in [0.717, 1.165) is 24.3 Å². The van der Waals surface area contributed by atoms with Gasteiger partial charge in [0.2, 0.25) is 0 Å². The summed E-state index contributed by atoms with van der Waals surface area (Å²) in [5.74, 6) is 0.670. The summed E-state index contributed by atoms with van der Waals surface area (Å²) in [6, 6.07) is 2.02. The third-order valence-corrected chi connectivity index (χ3v) is 2.28. The first kappa shape index (κ1) is 10.1. The number of aromatic amines is 1. The van der Waals surface area contributed by atoms with Crippen LogP contribution in [-0.2, 0) is 6.54 Å². The molecule has 0 amide bonds. The van der Waals surface area contributed by atoms with Gasteiger partial charge in [0.15, 0.2) is 5.65 Å². The highest BCUT2D eigenvalue weighted by Crippen LogP contribution is 2.11. The van der Waals surface area contributed by atoms with Gasteiger partial charge in [0.1, 0.15) is 0 Å². The van der Waals surface area contributed by atoms with Crippen molar-refractivity contribution in [3.8, 4) is 0 Å². The minimum Gasteiger partial charge on any atom is -0.343 e. The van der Waals surface area contributed by atoms with Crippen LogP contribution in [0.3, 0.4) is 0 Å². The highest BCUT2D eigenvalue weighted by Gasteiger charge is 2.03. The molecule has 2 aromatic rings. The van der Waals surface area contributed by atoms with Crippen molar-refractivity contribution in [3.63, 3.8) is 0 Å². The first-order chi connectivity index (χ1) is 7.27. The van der Waals surface area contributed by atoms with Crippen LogP contribution in [0.5, 0.6) is 0 Å². The van der Waals surface area contributed by atoms with Gasteiger partial charge in [-0.05, 0) is 24.1 Å². The Morgan fingerprint density at radius 3 is 3.07 bits per heavy atom. The lowest BCUT2D eigenvalue weighted by molar-refractivity contribution is 0.553. The Kier molecular flexibility index (Phi) is 2.97. The van der Waals surface area contributed by atoms with Gasteiger partial charge in [-0.25, -0.2) is 9.97 Å². The summed E-state index contributed by atoms with van der Waals surface area (Å²) in [6.45, 7) is 6.29. The number of aromatic nitrogens is 3. The molecule has 0 unspecified atom stereocenters. The van der Waals surface area contributed by atoms with Gasteiger partial charge in [0.05, 0.1) is 11.8 Å². The van der Waals surface area contributed by atoms with Crippen LogP contribution in [0.25, 0.3) is 11.2 Å². The predicted octanol–water partition coefficient (Wildman–Crippen LogP) is 1.70. The van der Waals surface area contributed by atoms with Gasteiger partial charge in [0.25, 0.3) is 0 Å². The van der Waals surface area contributed by atoms with E-state index in [1.165, 1.54) is 5.56 Å². The molecule has 0 aromatic carbocycles. The third-order valence-electron chi connectivity index (χ3n) is 2.28. The van der Waals surface area contributed by atoms with E-state index in [0.29, 0.717) is 5.92 Å². The fourth-order valence-corrected chi connectivity index (χ4v) is 1.55. The molecule has 0 spiro atoms. The number of hydrogen-bond acceptors (Lipinski definition) is 3. The van der Waals surface area contributed by atoms with E-state index in [2.05, 4.69) is 34.1 Å². The third kappa shape index (κ3) is 2.33. The van der Waals surface area contributed by atoms with Gasteiger partial charge >= 0.3 is 0 Å². The Labute approximate surface area is 89.1 Å². The molecule has 0 radical (unpaired) electrons. The van der Waals surface area contributed by atoms with E-state index in [1.54, 1.807) is 12.5 Å². The van der Waals surface area contributed by atoms with Crippen LogP contribution in [-0.4, -0.2) is 21.5 Å². The van der Waals surface area contributed by atoms with Crippen LogP contribution >= 0.6 is 0 Å². The maximum atomic E-state index is 4.17. The van der Waals surface area contributed by atoms with Crippen molar-refractivity contribution in [1.29, 1.82) is 0 Å². The zero-order chi connectivity index (χ0) is 10.7. The molecule has 0 fully saturated rings. The molecule has 0 aliphatic rings. The monoisotopic (exact) mass is 204 g/mol. The quantitative estimate of drug-likeness (QED) is 0.797. The van der Waals surface area contributed by atoms with E-state index in [1.807, 2.05) is 6.07 Å². The summed E-state index contributed by atoms with van der Waals surface area (Å²) in [6.07, 6.45) is 3.49. The largest absolute Gasteiger partial charge is 0.343 e. The first-order valence-electron chi connectivity index (χ1n) is 5.25. The first-order valence-corrected chi connectivity index (χ1v) is 5.25. The number of imidazole rings is 1. The van der Waals surface area contributed by atoms with E-state index < -0.39 is 0 Å². The van der Waals surface area contributed by atoms with Crippen LogP contribution < -0.4 is 5.32 Å². The summed E-state index contributed by atoms with van der Waals surface area (Å²) in [5.41, 5.74) is 3.05. The second kappa shape index (κ2) is 4.40. The number of pyridine rings is 1. The second-order valence-corrected chi connectivity index (χ2v) is 4.10. The Morgan fingerprint density at radius 1 is 1.40 bits per heavy atom. The van der Waals surface area contributed by atoms with Crippen molar-refractivity contribution in [3.05, 3.63) is 24.2 Å². The van der Waals surface area contributed by atoms with Crippen LogP contribution in [0.1, 0.15) is 19.4 Å².